The largest absolute Gasteiger partial charge is 0.341 e. The van der Waals surface area contributed by atoms with Gasteiger partial charge in [0, 0.05) is 36.2 Å². The third-order valence-corrected chi connectivity index (χ3v) is 5.27. The minimum atomic E-state index is -0.0228. The summed E-state index contributed by atoms with van der Waals surface area (Å²) >= 11 is 5.95. The van der Waals surface area contributed by atoms with Gasteiger partial charge in [-0.05, 0) is 31.4 Å². The van der Waals surface area contributed by atoms with Gasteiger partial charge >= 0.3 is 0 Å². The van der Waals surface area contributed by atoms with Gasteiger partial charge in [-0.3, -0.25) is 14.5 Å². The summed E-state index contributed by atoms with van der Waals surface area (Å²) in [5.74, 6) is 0.683. The molecule has 136 valence electrons. The van der Waals surface area contributed by atoms with Gasteiger partial charge in [0.05, 0.1) is 12.2 Å². The Bertz CT molecular complexity index is 825. The van der Waals surface area contributed by atoms with Crippen molar-refractivity contribution in [2.75, 3.05) is 24.5 Å². The lowest BCUT2D eigenvalue weighted by Gasteiger charge is -2.31. The lowest BCUT2D eigenvalue weighted by atomic mass is 10.1. The standard InChI is InChI=1S/C19H21ClN4O2/c20-15-6-4-14(5-7-15)16-12-17-23(18(25)8-11-24(17)21-16)13-19(26)22-9-2-1-3-10-22/h4-7,12H,1-3,8-11,13H2. The highest BCUT2D eigenvalue weighted by Gasteiger charge is 2.30. The molecule has 2 aliphatic heterocycles. The molecule has 6 nitrogen and oxygen atoms in total. The fourth-order valence-electron chi connectivity index (χ4n) is 3.56. The van der Waals surface area contributed by atoms with Crippen LogP contribution in [0.5, 0.6) is 0 Å². The van der Waals surface area contributed by atoms with Gasteiger partial charge in [-0.2, -0.15) is 5.10 Å². The summed E-state index contributed by atoms with van der Waals surface area (Å²) in [7, 11) is 0. The highest BCUT2D eigenvalue weighted by molar-refractivity contribution is 6.30. The van der Waals surface area contributed by atoms with Gasteiger partial charge in [0.25, 0.3) is 0 Å². The number of aromatic nitrogens is 2. The fourth-order valence-corrected chi connectivity index (χ4v) is 3.69. The van der Waals surface area contributed by atoms with Crippen LogP contribution in [0.1, 0.15) is 25.7 Å². The number of piperidine rings is 1. The lowest BCUT2D eigenvalue weighted by Crippen LogP contribution is -2.47. The van der Waals surface area contributed by atoms with Gasteiger partial charge in [-0.25, -0.2) is 4.68 Å². The summed E-state index contributed by atoms with van der Waals surface area (Å²) in [4.78, 5) is 28.5. The van der Waals surface area contributed by atoms with Crippen LogP contribution in [0.4, 0.5) is 5.82 Å². The number of halogens is 1. The average molecular weight is 373 g/mol. The van der Waals surface area contributed by atoms with Crippen molar-refractivity contribution in [2.24, 2.45) is 0 Å². The summed E-state index contributed by atoms with van der Waals surface area (Å²) in [5, 5.41) is 5.28. The minimum Gasteiger partial charge on any atom is -0.341 e. The molecule has 2 aliphatic rings. The first-order chi connectivity index (χ1) is 12.6. The van der Waals surface area contributed by atoms with E-state index in [1.807, 2.05) is 39.9 Å². The van der Waals surface area contributed by atoms with Crippen LogP contribution in [0.25, 0.3) is 11.3 Å². The van der Waals surface area contributed by atoms with E-state index in [9.17, 15) is 9.59 Å². The van der Waals surface area contributed by atoms with Crippen LogP contribution in [-0.4, -0.2) is 46.1 Å². The summed E-state index contributed by atoms with van der Waals surface area (Å²) in [6.45, 7) is 2.20. The molecule has 3 heterocycles. The predicted octanol–water partition coefficient (Wildman–Crippen LogP) is 2.95. The summed E-state index contributed by atoms with van der Waals surface area (Å²) < 4.78 is 1.81. The van der Waals surface area contributed by atoms with Gasteiger partial charge in [0.15, 0.2) is 0 Å². The van der Waals surface area contributed by atoms with Crippen molar-refractivity contribution in [2.45, 2.75) is 32.2 Å². The number of anilines is 1. The molecule has 1 fully saturated rings. The van der Waals surface area contributed by atoms with Gasteiger partial charge in [0.1, 0.15) is 12.4 Å². The van der Waals surface area contributed by atoms with Gasteiger partial charge in [0.2, 0.25) is 11.8 Å². The number of rotatable bonds is 3. The van der Waals surface area contributed by atoms with E-state index >= 15 is 0 Å². The molecule has 0 radical (unpaired) electrons. The van der Waals surface area contributed by atoms with Gasteiger partial charge < -0.3 is 4.90 Å². The molecule has 26 heavy (non-hydrogen) atoms. The van der Waals surface area contributed by atoms with E-state index in [-0.39, 0.29) is 18.4 Å². The summed E-state index contributed by atoms with van der Waals surface area (Å²) in [5.41, 5.74) is 1.72. The number of likely N-dealkylation sites (tertiary alicyclic amines) is 1. The van der Waals surface area contributed by atoms with Crippen LogP contribution in [-0.2, 0) is 16.1 Å². The zero-order valence-electron chi connectivity index (χ0n) is 14.5. The van der Waals surface area contributed by atoms with E-state index in [2.05, 4.69) is 5.10 Å². The Labute approximate surface area is 157 Å². The molecule has 1 aromatic heterocycles. The third kappa shape index (κ3) is 3.33. The Morgan fingerprint density at radius 1 is 1.08 bits per heavy atom. The van der Waals surface area contributed by atoms with Crippen LogP contribution in [0.3, 0.4) is 0 Å². The smallest absolute Gasteiger partial charge is 0.242 e. The first-order valence-corrected chi connectivity index (χ1v) is 9.41. The van der Waals surface area contributed by atoms with Gasteiger partial charge in [-0.1, -0.05) is 23.7 Å². The van der Waals surface area contributed by atoms with E-state index in [4.69, 9.17) is 11.6 Å². The molecule has 0 saturated carbocycles. The topological polar surface area (TPSA) is 58.4 Å². The number of carbonyl (C=O) groups excluding carboxylic acids is 2. The Balaban J connectivity index is 1.58. The maximum Gasteiger partial charge on any atom is 0.242 e. The van der Waals surface area contributed by atoms with Crippen LogP contribution in [0.15, 0.2) is 30.3 Å². The molecule has 0 aliphatic carbocycles. The van der Waals surface area contributed by atoms with Crippen LogP contribution < -0.4 is 4.90 Å². The second kappa shape index (κ2) is 7.11. The average Bonchev–Trinajstić information content (AvgIpc) is 3.10. The number of nitrogens with zero attached hydrogens (tertiary/aromatic N) is 4. The molecule has 4 rings (SSSR count). The van der Waals surface area contributed by atoms with Gasteiger partial charge in [-0.15, -0.1) is 0 Å². The number of aryl methyl sites for hydroxylation is 1. The summed E-state index contributed by atoms with van der Waals surface area (Å²) in [6, 6.07) is 9.32. The molecule has 1 aromatic carbocycles. The molecule has 7 heteroatoms. The number of amides is 2. The fraction of sp³-hybridized carbons (Fsp3) is 0.421. The Kier molecular flexibility index (Phi) is 4.68. The molecule has 2 aromatic rings. The Morgan fingerprint density at radius 3 is 2.54 bits per heavy atom. The Hall–Kier alpha value is -2.34. The van der Waals surface area contributed by atoms with E-state index in [0.717, 1.165) is 37.2 Å². The second-order valence-corrected chi connectivity index (χ2v) is 7.23. The van der Waals surface area contributed by atoms with E-state index in [0.29, 0.717) is 23.8 Å². The van der Waals surface area contributed by atoms with Crippen LogP contribution >= 0.6 is 11.6 Å². The monoisotopic (exact) mass is 372 g/mol. The zero-order chi connectivity index (χ0) is 18.1. The second-order valence-electron chi connectivity index (χ2n) is 6.79. The number of fused-ring (bicyclic) bond motifs is 1. The van der Waals surface area contributed by atoms with E-state index in [1.165, 1.54) is 6.42 Å². The van der Waals surface area contributed by atoms with E-state index < -0.39 is 0 Å². The maximum atomic E-state index is 12.6. The quantitative estimate of drug-likeness (QED) is 0.832. The molecular formula is C19H21ClN4O2. The van der Waals surface area contributed by atoms with Crippen molar-refractivity contribution < 1.29 is 9.59 Å². The number of hydrogen-bond donors (Lipinski definition) is 0. The van der Waals surface area contributed by atoms with Crippen molar-refractivity contribution >= 4 is 29.2 Å². The minimum absolute atomic E-state index is 0.0146. The number of hydrogen-bond acceptors (Lipinski definition) is 3. The molecule has 1 saturated heterocycles. The zero-order valence-corrected chi connectivity index (χ0v) is 15.3. The summed E-state index contributed by atoms with van der Waals surface area (Å²) in [6.07, 6.45) is 3.61. The van der Waals surface area contributed by atoms with E-state index in [1.54, 1.807) is 4.90 Å². The molecule has 0 N–H and O–H groups in total. The van der Waals surface area contributed by atoms with Crippen molar-refractivity contribution in [3.05, 3.63) is 35.4 Å². The predicted molar refractivity (Wildman–Crippen MR) is 100 cm³/mol. The van der Waals surface area contributed by atoms with Crippen LogP contribution in [0.2, 0.25) is 5.02 Å². The maximum absolute atomic E-state index is 12.6. The SMILES string of the molecule is O=C(CN1C(=O)CCn2nc(-c3ccc(Cl)cc3)cc21)N1CCCCC1. The molecule has 0 bridgehead atoms. The van der Waals surface area contributed by atoms with Crippen molar-refractivity contribution in [1.29, 1.82) is 0 Å². The first kappa shape index (κ1) is 17.1. The first-order valence-electron chi connectivity index (χ1n) is 9.04. The third-order valence-electron chi connectivity index (χ3n) is 5.02. The normalized spacial score (nSPS) is 17.3. The molecule has 0 unspecified atom stereocenters. The molecule has 0 atom stereocenters. The van der Waals surface area contributed by atoms with Crippen molar-refractivity contribution in [3.8, 4) is 11.3 Å². The van der Waals surface area contributed by atoms with Crippen molar-refractivity contribution in [3.63, 3.8) is 0 Å². The highest BCUT2D eigenvalue weighted by atomic mass is 35.5. The molecule has 2 amide bonds. The molecular weight excluding hydrogens is 352 g/mol. The van der Waals surface area contributed by atoms with Crippen LogP contribution in [0, 0.1) is 0 Å². The number of carbonyl (C=O) groups is 2. The van der Waals surface area contributed by atoms with Crippen molar-refractivity contribution in [1.82, 2.24) is 14.7 Å². The molecule has 0 spiro atoms. The number of benzene rings is 1. The Morgan fingerprint density at radius 2 is 1.81 bits per heavy atom. The highest BCUT2D eigenvalue weighted by Crippen LogP contribution is 2.29. The lowest BCUT2D eigenvalue weighted by molar-refractivity contribution is -0.132.